The fraction of sp³-hybridized carbons (Fsp3) is 0.409. The Bertz CT molecular complexity index is 966. The maximum Gasteiger partial charge on any atom is 0.272 e. The molecule has 4 heterocycles. The molecule has 7 heteroatoms. The van der Waals surface area contributed by atoms with Crippen molar-refractivity contribution in [3.8, 4) is 5.75 Å². The van der Waals surface area contributed by atoms with Crippen molar-refractivity contribution >= 4 is 17.5 Å². The minimum atomic E-state index is -0.480. The Kier molecular flexibility index (Phi) is 4.38. The molecule has 0 aliphatic carbocycles. The summed E-state index contributed by atoms with van der Waals surface area (Å²) >= 11 is 0. The summed E-state index contributed by atoms with van der Waals surface area (Å²) in [5.41, 5.74) is 2.60. The number of rotatable bonds is 1. The summed E-state index contributed by atoms with van der Waals surface area (Å²) in [6.07, 6.45) is 3.27. The molecule has 1 saturated heterocycles. The molecule has 0 bridgehead atoms. The molecule has 150 valence electrons. The first-order valence-corrected chi connectivity index (χ1v) is 10.2. The summed E-state index contributed by atoms with van der Waals surface area (Å²) in [4.78, 5) is 31.8. The van der Waals surface area contributed by atoms with E-state index >= 15 is 0 Å². The van der Waals surface area contributed by atoms with Crippen LogP contribution in [0.25, 0.3) is 0 Å². The first-order chi connectivity index (χ1) is 14.1. The lowest BCUT2D eigenvalue weighted by Crippen LogP contribution is -2.54. The Labute approximate surface area is 169 Å². The van der Waals surface area contributed by atoms with Crippen LogP contribution in [-0.4, -0.2) is 53.5 Å². The fourth-order valence-corrected chi connectivity index (χ4v) is 4.36. The van der Waals surface area contributed by atoms with Gasteiger partial charge in [-0.25, -0.2) is 4.98 Å². The molecule has 0 saturated carbocycles. The molecule has 2 amide bonds. The predicted octanol–water partition coefficient (Wildman–Crippen LogP) is 2.24. The van der Waals surface area contributed by atoms with Gasteiger partial charge in [0.25, 0.3) is 11.8 Å². The van der Waals surface area contributed by atoms with Crippen LogP contribution in [0.2, 0.25) is 0 Å². The first kappa shape index (κ1) is 18.0. The summed E-state index contributed by atoms with van der Waals surface area (Å²) < 4.78 is 6.32. The molecule has 0 radical (unpaired) electrons. The number of carbonyl (C=O) groups is 2. The third-order valence-electron chi connectivity index (χ3n) is 6.09. The van der Waals surface area contributed by atoms with E-state index in [0.29, 0.717) is 49.5 Å². The van der Waals surface area contributed by atoms with Gasteiger partial charge >= 0.3 is 0 Å². The van der Waals surface area contributed by atoms with Crippen molar-refractivity contribution in [3.05, 3.63) is 53.3 Å². The van der Waals surface area contributed by atoms with Gasteiger partial charge < -0.3 is 20.3 Å². The van der Waals surface area contributed by atoms with Crippen LogP contribution in [0.15, 0.2) is 36.4 Å². The average Bonchev–Trinajstić information content (AvgIpc) is 2.90. The lowest BCUT2D eigenvalue weighted by Gasteiger charge is -2.41. The number of aryl methyl sites for hydroxylation is 1. The Hall–Kier alpha value is -3.09. The van der Waals surface area contributed by atoms with Gasteiger partial charge in [0.15, 0.2) is 0 Å². The smallest absolute Gasteiger partial charge is 0.272 e. The second kappa shape index (κ2) is 7.06. The van der Waals surface area contributed by atoms with Crippen molar-refractivity contribution in [2.45, 2.75) is 31.3 Å². The Morgan fingerprint density at radius 3 is 2.79 bits per heavy atom. The molecule has 3 aliphatic heterocycles. The van der Waals surface area contributed by atoms with Gasteiger partial charge in [-0.1, -0.05) is 12.1 Å². The minimum Gasteiger partial charge on any atom is -0.484 e. The summed E-state index contributed by atoms with van der Waals surface area (Å²) in [5, 5.41) is 6.31. The van der Waals surface area contributed by atoms with Gasteiger partial charge in [-0.3, -0.25) is 9.59 Å². The number of hydrogen-bond donors (Lipinski definition) is 2. The van der Waals surface area contributed by atoms with Gasteiger partial charge in [0.1, 0.15) is 17.0 Å². The largest absolute Gasteiger partial charge is 0.484 e. The number of amides is 2. The van der Waals surface area contributed by atoms with Crippen LogP contribution in [0, 0.1) is 0 Å². The fourth-order valence-electron chi connectivity index (χ4n) is 4.36. The zero-order chi connectivity index (χ0) is 19.8. The molecule has 1 aromatic carbocycles. The number of fused-ring (bicyclic) bond motifs is 2. The van der Waals surface area contributed by atoms with Crippen molar-refractivity contribution in [2.24, 2.45) is 0 Å². The molecular formula is C22H24N4O3. The van der Waals surface area contributed by atoms with Gasteiger partial charge in [-0.2, -0.15) is 0 Å². The van der Waals surface area contributed by atoms with Crippen LogP contribution in [0.4, 0.5) is 5.69 Å². The number of nitrogens with zero attached hydrogens (tertiary/aromatic N) is 2. The van der Waals surface area contributed by atoms with E-state index in [2.05, 4.69) is 15.6 Å². The zero-order valence-corrected chi connectivity index (χ0v) is 16.2. The van der Waals surface area contributed by atoms with Crippen LogP contribution >= 0.6 is 0 Å². The van der Waals surface area contributed by atoms with Crippen molar-refractivity contribution in [1.29, 1.82) is 0 Å². The quantitative estimate of drug-likeness (QED) is 0.778. The molecule has 5 rings (SSSR count). The molecular weight excluding hydrogens is 368 g/mol. The molecule has 29 heavy (non-hydrogen) atoms. The number of pyridine rings is 1. The molecule has 2 N–H and O–H groups in total. The van der Waals surface area contributed by atoms with Gasteiger partial charge in [0.05, 0.1) is 23.5 Å². The molecule has 0 atom stereocenters. The second-order valence-corrected chi connectivity index (χ2v) is 7.98. The van der Waals surface area contributed by atoms with Crippen LogP contribution in [-0.2, 0) is 6.42 Å². The maximum absolute atomic E-state index is 13.0. The number of aromatic nitrogens is 1. The number of para-hydroxylation sites is 1. The highest BCUT2D eigenvalue weighted by Crippen LogP contribution is 2.33. The average molecular weight is 392 g/mol. The van der Waals surface area contributed by atoms with E-state index in [1.807, 2.05) is 35.2 Å². The van der Waals surface area contributed by atoms with Crippen molar-refractivity contribution in [2.75, 3.05) is 31.5 Å². The number of ether oxygens (including phenoxy) is 1. The highest BCUT2D eigenvalue weighted by atomic mass is 16.5. The van der Waals surface area contributed by atoms with Gasteiger partial charge in [0, 0.05) is 32.5 Å². The summed E-state index contributed by atoms with van der Waals surface area (Å²) in [6.45, 7) is 2.56. The summed E-state index contributed by atoms with van der Waals surface area (Å²) in [5.74, 6) is 0.472. The molecule has 2 aromatic rings. The third kappa shape index (κ3) is 3.30. The standard InChI is InChI=1S/C22H24N4O3/c27-20-15-4-1-2-6-19(15)29-22(14-24-20)9-12-26(13-10-22)21(28)18-8-7-16-17(25-18)5-3-11-23-16/h1-2,4,6-8,23H,3,5,9-14H2,(H,24,27). The van der Waals surface area contributed by atoms with Gasteiger partial charge in [-0.05, 0) is 37.1 Å². The maximum atomic E-state index is 13.0. The number of hydrogen-bond acceptors (Lipinski definition) is 5. The van der Waals surface area contributed by atoms with E-state index in [0.717, 1.165) is 30.8 Å². The van der Waals surface area contributed by atoms with Crippen molar-refractivity contribution < 1.29 is 14.3 Å². The van der Waals surface area contributed by atoms with E-state index in [-0.39, 0.29) is 11.8 Å². The lowest BCUT2D eigenvalue weighted by atomic mass is 9.90. The predicted molar refractivity (Wildman–Crippen MR) is 108 cm³/mol. The van der Waals surface area contributed by atoms with Crippen LogP contribution in [0.1, 0.15) is 45.8 Å². The Morgan fingerprint density at radius 2 is 1.93 bits per heavy atom. The molecule has 1 fully saturated rings. The Morgan fingerprint density at radius 1 is 1.10 bits per heavy atom. The van der Waals surface area contributed by atoms with E-state index < -0.39 is 5.60 Å². The number of anilines is 1. The van der Waals surface area contributed by atoms with Crippen molar-refractivity contribution in [1.82, 2.24) is 15.2 Å². The second-order valence-electron chi connectivity index (χ2n) is 7.98. The number of likely N-dealkylation sites (tertiary alicyclic amines) is 1. The molecule has 0 unspecified atom stereocenters. The SMILES string of the molecule is O=C1NCC2(CCN(C(=O)c3ccc4c(n3)CCCN4)CC2)Oc2ccccc21. The molecule has 1 aromatic heterocycles. The number of carbonyl (C=O) groups excluding carboxylic acids is 2. The van der Waals surface area contributed by atoms with Crippen molar-refractivity contribution in [3.63, 3.8) is 0 Å². The molecule has 1 spiro atoms. The molecule has 7 nitrogen and oxygen atoms in total. The van der Waals surface area contributed by atoms with Gasteiger partial charge in [0.2, 0.25) is 0 Å². The van der Waals surface area contributed by atoms with Crippen LogP contribution in [0.5, 0.6) is 5.75 Å². The monoisotopic (exact) mass is 392 g/mol. The number of benzene rings is 1. The topological polar surface area (TPSA) is 83.6 Å². The van der Waals surface area contributed by atoms with E-state index in [9.17, 15) is 9.59 Å². The third-order valence-corrected chi connectivity index (χ3v) is 6.09. The van der Waals surface area contributed by atoms with E-state index in [1.54, 1.807) is 6.07 Å². The molecule has 3 aliphatic rings. The number of piperidine rings is 1. The minimum absolute atomic E-state index is 0.0359. The van der Waals surface area contributed by atoms with Gasteiger partial charge in [-0.15, -0.1) is 0 Å². The summed E-state index contributed by atoms with van der Waals surface area (Å²) in [6, 6.07) is 11.1. The van der Waals surface area contributed by atoms with E-state index in [4.69, 9.17) is 4.74 Å². The van der Waals surface area contributed by atoms with Crippen LogP contribution < -0.4 is 15.4 Å². The zero-order valence-electron chi connectivity index (χ0n) is 16.2. The van der Waals surface area contributed by atoms with Crippen LogP contribution in [0.3, 0.4) is 0 Å². The number of nitrogens with one attached hydrogen (secondary N) is 2. The highest BCUT2D eigenvalue weighted by molar-refractivity contribution is 5.97. The normalized spacial score (nSPS) is 19.9. The highest BCUT2D eigenvalue weighted by Gasteiger charge is 2.41. The first-order valence-electron chi connectivity index (χ1n) is 10.2. The lowest BCUT2D eigenvalue weighted by molar-refractivity contribution is 0.00751. The van der Waals surface area contributed by atoms with E-state index in [1.165, 1.54) is 0 Å². The Balaban J connectivity index is 1.30. The summed E-state index contributed by atoms with van der Waals surface area (Å²) in [7, 11) is 0.